The molecule has 24 heavy (non-hydrogen) atoms. The first-order chi connectivity index (χ1) is 11.4. The number of carboxylic acids is 1. The number of rotatable bonds is 3. The maximum absolute atomic E-state index is 12.9. The molecule has 3 rings (SSSR count). The van der Waals surface area contributed by atoms with Crippen molar-refractivity contribution in [1.29, 1.82) is 0 Å². The number of anilines is 1. The molecule has 1 aliphatic rings. The Kier molecular flexibility index (Phi) is 4.21. The summed E-state index contributed by atoms with van der Waals surface area (Å²) < 4.78 is 43.7. The van der Waals surface area contributed by atoms with Crippen molar-refractivity contribution >= 4 is 12.0 Å². The van der Waals surface area contributed by atoms with Gasteiger partial charge in [0, 0.05) is 19.0 Å². The predicted molar refractivity (Wildman–Crippen MR) is 79.1 cm³/mol. The number of nitrogens with zero attached hydrogens (tertiary/aromatic N) is 2. The van der Waals surface area contributed by atoms with Crippen molar-refractivity contribution in [3.8, 4) is 0 Å². The second kappa shape index (κ2) is 6.18. The molecular formula is C16H15F3N2O3. The molecule has 1 aromatic heterocycles. The van der Waals surface area contributed by atoms with Crippen LogP contribution in [0.4, 0.5) is 19.2 Å². The highest BCUT2D eigenvalue weighted by atomic mass is 19.4. The van der Waals surface area contributed by atoms with E-state index in [1.54, 1.807) is 4.90 Å². The Morgan fingerprint density at radius 2 is 2.00 bits per heavy atom. The molecule has 1 saturated heterocycles. The van der Waals surface area contributed by atoms with Gasteiger partial charge in [0.1, 0.15) is 0 Å². The Bertz CT molecular complexity index is 728. The molecule has 5 nitrogen and oxygen atoms in total. The summed E-state index contributed by atoms with van der Waals surface area (Å²) in [5, 5.41) is 8.92. The lowest BCUT2D eigenvalue weighted by Crippen LogP contribution is -2.34. The monoisotopic (exact) mass is 340 g/mol. The summed E-state index contributed by atoms with van der Waals surface area (Å²) in [4.78, 5) is 16.0. The molecule has 128 valence electrons. The van der Waals surface area contributed by atoms with E-state index in [0.29, 0.717) is 13.1 Å². The topological polar surface area (TPSA) is 66.6 Å². The summed E-state index contributed by atoms with van der Waals surface area (Å²) in [5.41, 5.74) is -0.407. The fourth-order valence-electron chi connectivity index (χ4n) is 2.93. The van der Waals surface area contributed by atoms with Crippen LogP contribution in [0.2, 0.25) is 0 Å². The van der Waals surface area contributed by atoms with Gasteiger partial charge in [-0.1, -0.05) is 30.3 Å². The van der Waals surface area contributed by atoms with Crippen LogP contribution in [0.3, 0.4) is 0 Å². The number of oxazole rings is 1. The number of carbonyl (C=O) groups is 1. The lowest BCUT2D eigenvalue weighted by molar-refractivity contribution is -0.141. The van der Waals surface area contributed by atoms with E-state index >= 15 is 0 Å². The van der Waals surface area contributed by atoms with Gasteiger partial charge in [0.25, 0.3) is 6.01 Å². The molecule has 0 amide bonds. The second-order valence-corrected chi connectivity index (χ2v) is 5.67. The van der Waals surface area contributed by atoms with E-state index in [2.05, 4.69) is 4.98 Å². The molecule has 1 N–H and O–H groups in total. The third-order valence-corrected chi connectivity index (χ3v) is 4.04. The van der Waals surface area contributed by atoms with Gasteiger partial charge < -0.3 is 14.4 Å². The molecule has 0 saturated carbocycles. The first-order valence-electron chi connectivity index (χ1n) is 7.47. The molecule has 0 bridgehead atoms. The largest absolute Gasteiger partial charge is 0.475 e. The first-order valence-corrected chi connectivity index (χ1v) is 7.47. The zero-order valence-electron chi connectivity index (χ0n) is 12.6. The smallest absolute Gasteiger partial charge is 0.437 e. The maximum atomic E-state index is 12.9. The Balaban J connectivity index is 1.87. The highest BCUT2D eigenvalue weighted by molar-refractivity contribution is 5.86. The summed E-state index contributed by atoms with van der Waals surface area (Å²) in [7, 11) is 0. The molecule has 0 radical (unpaired) electrons. The summed E-state index contributed by atoms with van der Waals surface area (Å²) in [6.07, 6.45) is -3.21. The number of benzene rings is 1. The molecular weight excluding hydrogens is 325 g/mol. The van der Waals surface area contributed by atoms with E-state index < -0.39 is 23.6 Å². The quantitative estimate of drug-likeness (QED) is 0.921. The first kappa shape index (κ1) is 16.4. The number of hydrogen-bond donors (Lipinski definition) is 1. The van der Waals surface area contributed by atoms with Gasteiger partial charge in [-0.2, -0.15) is 18.2 Å². The lowest BCUT2D eigenvalue weighted by atomic mass is 9.91. The van der Waals surface area contributed by atoms with Gasteiger partial charge in [-0.25, -0.2) is 4.79 Å². The Morgan fingerprint density at radius 1 is 1.29 bits per heavy atom. The van der Waals surface area contributed by atoms with Gasteiger partial charge in [-0.05, 0) is 18.4 Å². The van der Waals surface area contributed by atoms with Crippen molar-refractivity contribution in [2.24, 2.45) is 0 Å². The molecule has 2 aromatic rings. The number of piperidine rings is 1. The third kappa shape index (κ3) is 3.22. The van der Waals surface area contributed by atoms with Crippen LogP contribution in [0.25, 0.3) is 0 Å². The van der Waals surface area contributed by atoms with Crippen LogP contribution in [0.5, 0.6) is 0 Å². The summed E-state index contributed by atoms with van der Waals surface area (Å²) in [6.45, 7) is 0.904. The molecule has 1 aromatic carbocycles. The normalized spacial score (nSPS) is 18.6. The summed E-state index contributed by atoms with van der Waals surface area (Å²) >= 11 is 0. The van der Waals surface area contributed by atoms with E-state index in [1.165, 1.54) is 0 Å². The summed E-state index contributed by atoms with van der Waals surface area (Å²) in [6, 6.07) is 9.35. The van der Waals surface area contributed by atoms with Crippen molar-refractivity contribution in [2.45, 2.75) is 24.9 Å². The minimum absolute atomic E-state index is 0.134. The van der Waals surface area contributed by atoms with E-state index in [9.17, 15) is 18.0 Å². The van der Waals surface area contributed by atoms with Gasteiger partial charge in [0.2, 0.25) is 5.76 Å². The maximum Gasteiger partial charge on any atom is 0.437 e. The van der Waals surface area contributed by atoms with E-state index in [4.69, 9.17) is 9.52 Å². The zero-order chi connectivity index (χ0) is 17.3. The number of halogens is 3. The van der Waals surface area contributed by atoms with Crippen LogP contribution >= 0.6 is 0 Å². The average molecular weight is 340 g/mol. The van der Waals surface area contributed by atoms with E-state index in [-0.39, 0.29) is 11.9 Å². The Morgan fingerprint density at radius 3 is 2.58 bits per heavy atom. The number of alkyl halides is 3. The van der Waals surface area contributed by atoms with Crippen molar-refractivity contribution < 1.29 is 27.5 Å². The number of aromatic nitrogens is 1. The summed E-state index contributed by atoms with van der Waals surface area (Å²) in [5.74, 6) is -2.81. The van der Waals surface area contributed by atoms with Crippen molar-refractivity contribution in [3.63, 3.8) is 0 Å². The third-order valence-electron chi connectivity index (χ3n) is 4.04. The van der Waals surface area contributed by atoms with E-state index in [0.717, 1.165) is 18.4 Å². The minimum Gasteiger partial charge on any atom is -0.475 e. The Labute approximate surface area is 135 Å². The number of carboxylic acid groups (broad SMARTS) is 1. The predicted octanol–water partition coefficient (Wildman–Crippen LogP) is 3.78. The average Bonchev–Trinajstić information content (AvgIpc) is 3.02. The fraction of sp³-hybridized carbons (Fsp3) is 0.375. The molecule has 2 heterocycles. The highest BCUT2D eigenvalue weighted by Gasteiger charge is 2.42. The molecule has 1 aliphatic heterocycles. The van der Waals surface area contributed by atoms with Gasteiger partial charge in [-0.3, -0.25) is 0 Å². The van der Waals surface area contributed by atoms with Crippen LogP contribution in [0.1, 0.15) is 40.6 Å². The minimum atomic E-state index is -4.87. The van der Waals surface area contributed by atoms with Crippen LogP contribution in [-0.4, -0.2) is 29.1 Å². The van der Waals surface area contributed by atoms with Crippen LogP contribution in [0.15, 0.2) is 34.7 Å². The number of aromatic carboxylic acids is 1. The van der Waals surface area contributed by atoms with Gasteiger partial charge in [0.15, 0.2) is 5.69 Å². The van der Waals surface area contributed by atoms with Gasteiger partial charge in [-0.15, -0.1) is 0 Å². The molecule has 1 atom stereocenters. The van der Waals surface area contributed by atoms with Crippen molar-refractivity contribution in [3.05, 3.63) is 47.3 Å². The SMILES string of the molecule is O=C(O)c1oc(N2CCC[C@H](c3ccccc3)C2)nc1C(F)(F)F. The van der Waals surface area contributed by atoms with Crippen LogP contribution in [-0.2, 0) is 6.18 Å². The molecule has 0 aliphatic carbocycles. The Hall–Kier alpha value is -2.51. The zero-order valence-corrected chi connectivity index (χ0v) is 12.6. The van der Waals surface area contributed by atoms with Crippen molar-refractivity contribution in [2.75, 3.05) is 18.0 Å². The number of hydrogen-bond acceptors (Lipinski definition) is 4. The highest BCUT2D eigenvalue weighted by Crippen LogP contribution is 2.36. The molecule has 1 fully saturated rings. The van der Waals surface area contributed by atoms with Gasteiger partial charge in [0.05, 0.1) is 0 Å². The van der Waals surface area contributed by atoms with Crippen LogP contribution < -0.4 is 4.90 Å². The molecule has 0 unspecified atom stereocenters. The fourth-order valence-corrected chi connectivity index (χ4v) is 2.93. The second-order valence-electron chi connectivity index (χ2n) is 5.67. The van der Waals surface area contributed by atoms with Crippen molar-refractivity contribution in [1.82, 2.24) is 4.98 Å². The molecule has 8 heteroatoms. The molecule has 0 spiro atoms. The van der Waals surface area contributed by atoms with Crippen LogP contribution in [0, 0.1) is 0 Å². The lowest BCUT2D eigenvalue weighted by Gasteiger charge is -2.31. The van der Waals surface area contributed by atoms with Gasteiger partial charge >= 0.3 is 12.1 Å². The van der Waals surface area contributed by atoms with E-state index in [1.807, 2.05) is 30.3 Å². The standard InChI is InChI=1S/C16H15F3N2O3/c17-16(18,19)13-12(14(22)23)24-15(20-13)21-8-4-7-11(9-21)10-5-2-1-3-6-10/h1-3,5-6,11H,4,7-9H2,(H,22,23)/t11-/m0/s1.